The Bertz CT molecular complexity index is 3080. The zero-order valence-corrected chi connectivity index (χ0v) is 40.2. The number of ketones is 1. The molecule has 4 nitrogen and oxygen atoms in total. The summed E-state index contributed by atoms with van der Waals surface area (Å²) in [5, 5.41) is 0. The third kappa shape index (κ3) is 13.7. The number of rotatable bonds is 9. The van der Waals surface area contributed by atoms with Gasteiger partial charge in [-0.3, -0.25) is 4.79 Å². The van der Waals surface area contributed by atoms with Crippen LogP contribution in [0.5, 0.6) is 5.88 Å². The van der Waals surface area contributed by atoms with Gasteiger partial charge in [-0.15, -0.1) is 0 Å². The first kappa shape index (κ1) is 61.6. The van der Waals surface area contributed by atoms with Crippen molar-refractivity contribution in [2.45, 2.75) is 62.1 Å². The van der Waals surface area contributed by atoms with E-state index in [2.05, 4.69) is 23.2 Å². The molecule has 0 fully saturated rings. The average Bonchev–Trinajstić information content (AvgIpc) is 3.90. The van der Waals surface area contributed by atoms with E-state index in [0.717, 1.165) is 11.1 Å². The minimum Gasteiger partial charge on any atom is -0.431 e. The maximum Gasteiger partial charge on any atom is 0.416 e. The molecular formula is C53H29BF24N2O2. The van der Waals surface area contributed by atoms with Gasteiger partial charge in [0.15, 0.2) is 6.20 Å². The van der Waals surface area contributed by atoms with E-state index in [1.54, 1.807) is 23.2 Å². The molecule has 0 N–H and O–H groups in total. The van der Waals surface area contributed by atoms with Crippen LogP contribution in [0.3, 0.4) is 0 Å². The molecule has 0 bridgehead atoms. The number of aromatic nitrogens is 2. The SMILES string of the molecule is FC(F)(F)c1cc([B-](c2cc(C(F)(F)F)cc(C(F)(F)F)c2)(c2cc(C(F)(F)F)cc(C(F)(F)F)c2)c2cc(C(F)(F)F)cc(C(F)(F)F)c2)cc(C(F)(F)F)c1.O=C(C[n+]1ccncc1OC1C=Cc2ccccc21)c1ccccc1. The van der Waals surface area contributed by atoms with Crippen molar-refractivity contribution in [3.63, 3.8) is 0 Å². The van der Waals surface area contributed by atoms with Gasteiger partial charge in [-0.25, -0.2) is 4.98 Å². The lowest BCUT2D eigenvalue weighted by atomic mass is 9.12. The van der Waals surface area contributed by atoms with Crippen molar-refractivity contribution in [1.82, 2.24) is 4.98 Å². The molecule has 1 aliphatic rings. The lowest BCUT2D eigenvalue weighted by molar-refractivity contribution is -0.689. The lowest BCUT2D eigenvalue weighted by Gasteiger charge is -2.46. The third-order valence-corrected chi connectivity index (χ3v) is 12.7. The summed E-state index contributed by atoms with van der Waals surface area (Å²) in [6.45, 7) is 0.208. The van der Waals surface area contributed by atoms with Gasteiger partial charge in [-0.05, 0) is 35.9 Å². The minimum atomic E-state index is -6.13. The lowest BCUT2D eigenvalue weighted by Crippen LogP contribution is -2.75. The highest BCUT2D eigenvalue weighted by molar-refractivity contribution is 7.20. The smallest absolute Gasteiger partial charge is 0.416 e. The van der Waals surface area contributed by atoms with Crippen LogP contribution in [-0.2, 0) is 56.0 Å². The Kier molecular flexibility index (Phi) is 16.3. The van der Waals surface area contributed by atoms with Crippen molar-refractivity contribution in [2.75, 3.05) is 0 Å². The molecule has 0 radical (unpaired) electrons. The highest BCUT2D eigenvalue weighted by Crippen LogP contribution is 2.42. The number of ether oxygens (including phenoxy) is 1. The normalized spacial score (nSPS) is 14.5. The van der Waals surface area contributed by atoms with Crippen molar-refractivity contribution < 1.29 is 119 Å². The first-order valence-electron chi connectivity index (χ1n) is 22.8. The van der Waals surface area contributed by atoms with Gasteiger partial charge < -0.3 is 4.74 Å². The topological polar surface area (TPSA) is 43.1 Å². The summed E-state index contributed by atoms with van der Waals surface area (Å²) in [7, 11) is 0. The maximum absolute atomic E-state index is 14.2. The van der Waals surface area contributed by atoms with Gasteiger partial charge in [0, 0.05) is 11.1 Å². The molecule has 434 valence electrons. The Morgan fingerprint density at radius 1 is 0.439 bits per heavy atom. The zero-order valence-electron chi connectivity index (χ0n) is 40.2. The fourth-order valence-electron chi connectivity index (χ4n) is 8.99. The van der Waals surface area contributed by atoms with Gasteiger partial charge in [0.2, 0.25) is 12.3 Å². The summed E-state index contributed by atoms with van der Waals surface area (Å²) in [5.74, 6) is 0.599. The number of hydrogen-bond acceptors (Lipinski definition) is 3. The molecule has 0 spiro atoms. The molecule has 0 amide bonds. The summed E-state index contributed by atoms with van der Waals surface area (Å²) in [4.78, 5) is 16.6. The van der Waals surface area contributed by atoms with Crippen LogP contribution in [0, 0.1) is 0 Å². The van der Waals surface area contributed by atoms with Crippen LogP contribution in [-0.4, -0.2) is 16.9 Å². The number of hydrogen-bond donors (Lipinski definition) is 0. The van der Waals surface area contributed by atoms with E-state index in [1.165, 1.54) is 0 Å². The van der Waals surface area contributed by atoms with Crippen molar-refractivity contribution >= 4 is 39.9 Å². The predicted molar refractivity (Wildman–Crippen MR) is 244 cm³/mol. The quantitative estimate of drug-likeness (QED) is 0.0626. The summed E-state index contributed by atoms with van der Waals surface area (Å²) in [6, 6.07) is 8.57. The monoisotopic (exact) mass is 1190 g/mol. The Hall–Kier alpha value is -8.01. The number of benzene rings is 6. The summed E-state index contributed by atoms with van der Waals surface area (Å²) >= 11 is 0. The molecule has 0 aliphatic heterocycles. The maximum atomic E-state index is 14.2. The molecule has 82 heavy (non-hydrogen) atoms. The van der Waals surface area contributed by atoms with Gasteiger partial charge in [0.1, 0.15) is 18.4 Å². The molecule has 1 aromatic heterocycles. The van der Waals surface area contributed by atoms with E-state index in [-0.39, 0.29) is 18.4 Å². The Morgan fingerprint density at radius 3 is 1.09 bits per heavy atom. The van der Waals surface area contributed by atoms with Crippen molar-refractivity contribution in [3.05, 3.63) is 213 Å². The molecule has 6 aromatic carbocycles. The largest absolute Gasteiger partial charge is 0.431 e. The predicted octanol–water partition coefficient (Wildman–Crippen LogP) is 14.6. The number of alkyl halides is 24. The second-order valence-electron chi connectivity index (χ2n) is 18.1. The molecule has 1 aliphatic carbocycles. The van der Waals surface area contributed by atoms with E-state index in [1.807, 2.05) is 48.5 Å². The molecule has 8 rings (SSSR count). The molecule has 1 heterocycles. The van der Waals surface area contributed by atoms with Gasteiger partial charge in [0.25, 0.3) is 0 Å². The van der Waals surface area contributed by atoms with E-state index in [9.17, 15) is 110 Å². The van der Waals surface area contributed by atoms with E-state index in [4.69, 9.17) is 4.74 Å². The van der Waals surface area contributed by atoms with Crippen LogP contribution >= 0.6 is 0 Å². The number of halogens is 24. The first-order valence-corrected chi connectivity index (χ1v) is 22.8. The van der Waals surface area contributed by atoms with Gasteiger partial charge >= 0.3 is 55.3 Å². The number of nitrogens with zero attached hydrogens (tertiary/aromatic N) is 2. The zero-order chi connectivity index (χ0) is 61.0. The van der Waals surface area contributed by atoms with Crippen LogP contribution in [0.2, 0.25) is 0 Å². The highest BCUT2D eigenvalue weighted by atomic mass is 19.4. The fraction of sp³-hybridized carbons (Fsp3) is 0.189. The first-order chi connectivity index (χ1) is 37.6. The van der Waals surface area contributed by atoms with Gasteiger partial charge in [-0.1, -0.05) is 109 Å². The summed E-state index contributed by atoms with van der Waals surface area (Å²) in [6.07, 6.45) is -45.8. The molecule has 1 unspecified atom stereocenters. The molecular weight excluding hydrogens is 1160 g/mol. The molecule has 29 heteroatoms. The number of carbonyl (C=O) groups is 1. The van der Waals surface area contributed by atoms with Crippen LogP contribution in [0.4, 0.5) is 105 Å². The van der Waals surface area contributed by atoms with E-state index >= 15 is 0 Å². The van der Waals surface area contributed by atoms with E-state index < -0.39 is 195 Å². The van der Waals surface area contributed by atoms with Crippen LogP contribution in [0.15, 0.2) is 152 Å². The number of Topliss-reactive ketones (excluding diaryl/α,β-unsaturated/α-hetero) is 1. The van der Waals surface area contributed by atoms with Crippen molar-refractivity contribution in [1.29, 1.82) is 0 Å². The molecule has 0 saturated carbocycles. The van der Waals surface area contributed by atoms with Crippen molar-refractivity contribution in [3.8, 4) is 5.88 Å². The van der Waals surface area contributed by atoms with Crippen LogP contribution < -0.4 is 31.2 Å². The minimum absolute atomic E-state index is 0.0315. The van der Waals surface area contributed by atoms with Crippen LogP contribution in [0.1, 0.15) is 72.1 Å². The molecule has 1 atom stereocenters. The van der Waals surface area contributed by atoms with E-state index in [0.29, 0.717) is 11.4 Å². The Balaban J connectivity index is 0.000000318. The molecule has 0 saturated heterocycles. The highest BCUT2D eigenvalue weighted by Gasteiger charge is 2.47. The van der Waals surface area contributed by atoms with Crippen molar-refractivity contribution in [2.24, 2.45) is 0 Å². The standard InChI is InChI=1S/C32H12BF24.C21H17N2O2/c34-25(35,36)13-1-14(26(37,38)39)6-21(5-13)33(22-7-15(27(40,41)42)2-16(8-22)28(43,44)45,23-9-17(29(46,47)48)3-18(10-23)30(49,50)51)24-11-19(31(52,53)54)4-20(12-24)32(55,56)57;24-19(17-7-2-1-3-8-17)15-23-13-12-22-14-21(23)25-20-11-10-16-6-4-5-9-18(16)20/h1-12H;1-14,20H,15H2/q-1;+1. The Labute approximate surface area is 444 Å². The summed E-state index contributed by atoms with van der Waals surface area (Å²) in [5.41, 5.74) is -27.2. The molecule has 7 aromatic rings. The Morgan fingerprint density at radius 2 is 0.756 bits per heavy atom. The third-order valence-electron chi connectivity index (χ3n) is 12.7. The second-order valence-corrected chi connectivity index (χ2v) is 18.1. The van der Waals surface area contributed by atoms with Crippen LogP contribution in [0.25, 0.3) is 6.08 Å². The van der Waals surface area contributed by atoms with Gasteiger partial charge in [0.05, 0.1) is 50.7 Å². The number of carbonyl (C=O) groups excluding carboxylic acids is 1. The van der Waals surface area contributed by atoms with Gasteiger partial charge in [-0.2, -0.15) is 132 Å². The average molecular weight is 1190 g/mol. The fourth-order valence-corrected chi connectivity index (χ4v) is 8.99. The summed E-state index contributed by atoms with van der Waals surface area (Å²) < 4.78 is 349. The second kappa shape index (κ2) is 21.7. The number of fused-ring (bicyclic) bond motifs is 1.